The molecule has 2 heterocycles. The molecule has 0 fully saturated rings. The molecule has 0 saturated carbocycles. The van der Waals surface area contributed by atoms with Crippen LogP contribution in [0.2, 0.25) is 0 Å². The van der Waals surface area contributed by atoms with Crippen LogP contribution < -0.4 is 15.0 Å². The van der Waals surface area contributed by atoms with Gasteiger partial charge in [0.05, 0.1) is 17.8 Å². The minimum atomic E-state index is -0.318. The van der Waals surface area contributed by atoms with E-state index in [-0.39, 0.29) is 30.6 Å². The molecule has 0 unspecified atom stereocenters. The quantitative estimate of drug-likeness (QED) is 0.366. The Bertz CT molecular complexity index is 1490. The molecule has 1 aliphatic rings. The highest BCUT2D eigenvalue weighted by Crippen LogP contribution is 2.33. The van der Waals surface area contributed by atoms with Crippen LogP contribution in [0.3, 0.4) is 0 Å². The van der Waals surface area contributed by atoms with E-state index in [9.17, 15) is 14.7 Å². The highest BCUT2D eigenvalue weighted by Gasteiger charge is 2.18. The molecule has 1 aliphatic heterocycles. The lowest BCUT2D eigenvalue weighted by molar-refractivity contribution is 0.101. The molecule has 0 amide bonds. The molecule has 0 bridgehead atoms. The predicted molar refractivity (Wildman–Crippen MR) is 125 cm³/mol. The molecule has 1 N–H and O–H groups in total. The van der Waals surface area contributed by atoms with Gasteiger partial charge in [0.2, 0.25) is 12.7 Å². The van der Waals surface area contributed by atoms with Crippen molar-refractivity contribution in [2.24, 2.45) is 4.99 Å². The molecule has 164 valence electrons. The van der Waals surface area contributed by atoms with Gasteiger partial charge >= 0.3 is 0 Å². The first-order valence-electron chi connectivity index (χ1n) is 10.4. The van der Waals surface area contributed by atoms with Crippen LogP contribution in [0.4, 0.5) is 5.69 Å². The first-order valence-corrected chi connectivity index (χ1v) is 10.4. The van der Waals surface area contributed by atoms with E-state index in [0.717, 1.165) is 5.56 Å². The van der Waals surface area contributed by atoms with Crippen LogP contribution in [0.5, 0.6) is 17.4 Å². The number of ketones is 1. The molecular formula is C26H20N2O5. The summed E-state index contributed by atoms with van der Waals surface area (Å²) in [5.74, 6) is 0.930. The molecule has 0 atom stereocenters. The fraction of sp³-hybridized carbons (Fsp3) is 0.115. The molecule has 1 aromatic heterocycles. The van der Waals surface area contributed by atoms with Crippen LogP contribution in [-0.4, -0.2) is 28.5 Å². The van der Waals surface area contributed by atoms with Crippen molar-refractivity contribution in [1.29, 1.82) is 0 Å². The normalized spacial score (nSPS) is 12.5. The van der Waals surface area contributed by atoms with E-state index >= 15 is 0 Å². The van der Waals surface area contributed by atoms with E-state index in [1.165, 1.54) is 17.7 Å². The Morgan fingerprint density at radius 3 is 2.58 bits per heavy atom. The number of pyridine rings is 1. The minimum Gasteiger partial charge on any atom is -0.494 e. The fourth-order valence-electron chi connectivity index (χ4n) is 3.93. The number of para-hydroxylation sites is 1. The minimum absolute atomic E-state index is 0.107. The number of aromatic nitrogens is 1. The van der Waals surface area contributed by atoms with Crippen molar-refractivity contribution in [3.05, 3.63) is 93.8 Å². The topological polar surface area (TPSA) is 90.1 Å². The summed E-state index contributed by atoms with van der Waals surface area (Å²) in [4.78, 5) is 29.6. The molecular weight excluding hydrogens is 420 g/mol. The van der Waals surface area contributed by atoms with Gasteiger partial charge in [-0.15, -0.1) is 0 Å². The van der Waals surface area contributed by atoms with Crippen LogP contribution in [0.25, 0.3) is 10.8 Å². The lowest BCUT2D eigenvalue weighted by atomic mass is 10.1. The summed E-state index contributed by atoms with van der Waals surface area (Å²) in [5, 5.41) is 12.2. The maximum atomic E-state index is 13.2. The largest absolute Gasteiger partial charge is 0.494 e. The van der Waals surface area contributed by atoms with Crippen molar-refractivity contribution in [2.75, 3.05) is 6.79 Å². The molecule has 3 aromatic carbocycles. The van der Waals surface area contributed by atoms with Crippen LogP contribution in [-0.2, 0) is 6.54 Å². The van der Waals surface area contributed by atoms with Gasteiger partial charge in [0.25, 0.3) is 5.56 Å². The van der Waals surface area contributed by atoms with Gasteiger partial charge in [0.15, 0.2) is 17.3 Å². The second-order valence-electron chi connectivity index (χ2n) is 7.69. The molecule has 0 aliphatic carbocycles. The number of rotatable bonds is 5. The van der Waals surface area contributed by atoms with Crippen molar-refractivity contribution < 1.29 is 19.4 Å². The third-order valence-corrected chi connectivity index (χ3v) is 5.58. The fourth-order valence-corrected chi connectivity index (χ4v) is 3.93. The maximum Gasteiger partial charge on any atom is 0.261 e. The molecule has 0 radical (unpaired) electrons. The first kappa shape index (κ1) is 20.5. The van der Waals surface area contributed by atoms with E-state index in [0.29, 0.717) is 39.1 Å². The van der Waals surface area contributed by atoms with Crippen molar-refractivity contribution >= 4 is 28.5 Å². The second-order valence-corrected chi connectivity index (χ2v) is 7.69. The molecule has 33 heavy (non-hydrogen) atoms. The Kier molecular flexibility index (Phi) is 5.14. The number of carbonyl (C=O) groups is 1. The summed E-state index contributed by atoms with van der Waals surface area (Å²) in [6.07, 6.45) is 1.50. The lowest BCUT2D eigenvalue weighted by Gasteiger charge is -2.14. The van der Waals surface area contributed by atoms with E-state index in [1.807, 2.05) is 6.07 Å². The highest BCUT2D eigenvalue weighted by molar-refractivity contribution is 6.04. The van der Waals surface area contributed by atoms with Crippen molar-refractivity contribution in [3.63, 3.8) is 0 Å². The standard InChI is InChI=1S/C26H20N2O5/c1-16(29)18-6-4-5-9-22(18)27-13-21-19-7-2-3-8-20(19)25(30)28(26(21)31)14-17-10-11-23-24(12-17)33-15-32-23/h2-13,31H,14-15H2,1H3. The Morgan fingerprint density at radius 1 is 1.03 bits per heavy atom. The Morgan fingerprint density at radius 2 is 1.76 bits per heavy atom. The molecule has 7 nitrogen and oxygen atoms in total. The molecule has 7 heteroatoms. The van der Waals surface area contributed by atoms with Crippen molar-refractivity contribution in [1.82, 2.24) is 4.57 Å². The number of carbonyl (C=O) groups excluding carboxylic acids is 1. The number of benzene rings is 3. The van der Waals surface area contributed by atoms with Gasteiger partial charge in [-0.25, -0.2) is 0 Å². The van der Waals surface area contributed by atoms with Gasteiger partial charge in [-0.05, 0) is 42.8 Å². The number of Topliss-reactive ketones (excluding diaryl/α,β-unsaturated/α-hetero) is 1. The Hall–Kier alpha value is -4.39. The smallest absolute Gasteiger partial charge is 0.261 e. The van der Waals surface area contributed by atoms with Crippen LogP contribution in [0.1, 0.15) is 28.4 Å². The third kappa shape index (κ3) is 3.74. The summed E-state index contributed by atoms with van der Waals surface area (Å²) < 4.78 is 12.1. The van der Waals surface area contributed by atoms with Crippen LogP contribution in [0, 0.1) is 0 Å². The molecule has 4 aromatic rings. The van der Waals surface area contributed by atoms with Crippen LogP contribution in [0.15, 0.2) is 76.5 Å². The van der Waals surface area contributed by atoms with Gasteiger partial charge in [-0.3, -0.25) is 19.1 Å². The number of hydrogen-bond donors (Lipinski definition) is 1. The number of fused-ring (bicyclic) bond motifs is 2. The van der Waals surface area contributed by atoms with Gasteiger partial charge < -0.3 is 14.6 Å². The third-order valence-electron chi connectivity index (χ3n) is 5.58. The van der Waals surface area contributed by atoms with Gasteiger partial charge in [0.1, 0.15) is 0 Å². The van der Waals surface area contributed by atoms with Gasteiger partial charge in [-0.1, -0.05) is 36.4 Å². The zero-order valence-electron chi connectivity index (χ0n) is 17.8. The molecule has 5 rings (SSSR count). The Balaban J connectivity index is 1.63. The second kappa shape index (κ2) is 8.27. The van der Waals surface area contributed by atoms with Crippen LogP contribution >= 0.6 is 0 Å². The summed E-state index contributed by atoms with van der Waals surface area (Å²) in [6, 6.07) is 19.4. The number of hydrogen-bond acceptors (Lipinski definition) is 6. The van der Waals surface area contributed by atoms with Crippen molar-refractivity contribution in [3.8, 4) is 17.4 Å². The summed E-state index contributed by atoms with van der Waals surface area (Å²) >= 11 is 0. The van der Waals surface area contributed by atoms with E-state index in [2.05, 4.69) is 4.99 Å². The van der Waals surface area contributed by atoms with Crippen molar-refractivity contribution in [2.45, 2.75) is 13.5 Å². The summed E-state index contributed by atoms with van der Waals surface area (Å²) in [5.41, 5.74) is 1.82. The maximum absolute atomic E-state index is 13.2. The van der Waals surface area contributed by atoms with E-state index < -0.39 is 0 Å². The predicted octanol–water partition coefficient (Wildman–Crippen LogP) is 4.44. The van der Waals surface area contributed by atoms with Gasteiger partial charge in [0, 0.05) is 22.6 Å². The number of aliphatic imine (C=N–C) groups is 1. The number of aromatic hydroxyl groups is 1. The average molecular weight is 440 g/mol. The number of ether oxygens (including phenoxy) is 2. The SMILES string of the molecule is CC(=O)c1ccccc1N=Cc1c(O)n(Cc2ccc3c(c2)OCO3)c(=O)c2ccccc12. The zero-order valence-corrected chi connectivity index (χ0v) is 17.8. The molecule has 0 spiro atoms. The average Bonchev–Trinajstić information content (AvgIpc) is 3.30. The lowest BCUT2D eigenvalue weighted by Crippen LogP contribution is -2.22. The van der Waals surface area contributed by atoms with E-state index in [1.54, 1.807) is 60.7 Å². The zero-order chi connectivity index (χ0) is 22.9. The highest BCUT2D eigenvalue weighted by atomic mass is 16.7. The summed E-state index contributed by atoms with van der Waals surface area (Å²) in [7, 11) is 0. The van der Waals surface area contributed by atoms with Gasteiger partial charge in [-0.2, -0.15) is 0 Å². The first-order chi connectivity index (χ1) is 16.0. The summed E-state index contributed by atoms with van der Waals surface area (Å²) in [6.45, 7) is 1.77. The number of nitrogens with zero attached hydrogens (tertiary/aromatic N) is 2. The molecule has 0 saturated heterocycles. The monoisotopic (exact) mass is 440 g/mol. The Labute approximate surface area is 189 Å². The van der Waals surface area contributed by atoms with E-state index in [4.69, 9.17) is 9.47 Å².